The monoisotopic (exact) mass is 244 g/mol. The van der Waals surface area contributed by atoms with E-state index in [1.807, 2.05) is 0 Å². The summed E-state index contributed by atoms with van der Waals surface area (Å²) >= 11 is 0. The van der Waals surface area contributed by atoms with Crippen LogP contribution in [0, 0.1) is 0 Å². The quantitative estimate of drug-likeness (QED) is 0.764. The number of hydrogen-bond acceptors (Lipinski definition) is 4. The molecule has 2 aromatic heterocycles. The van der Waals surface area contributed by atoms with E-state index in [0.29, 0.717) is 4.57 Å². The van der Waals surface area contributed by atoms with Crippen LogP contribution in [0.1, 0.15) is 10.6 Å². The normalized spacial score (nSPS) is 11.9. The molecule has 2 aromatic rings. The molecule has 0 saturated carbocycles. The Bertz CT molecular complexity index is 576. The molecule has 8 heteroatoms. The number of pyridine rings is 1. The Morgan fingerprint density at radius 3 is 2.76 bits per heavy atom. The van der Waals surface area contributed by atoms with Gasteiger partial charge in [-0.15, -0.1) is 0 Å². The first-order valence-corrected chi connectivity index (χ1v) is 4.48. The van der Waals surface area contributed by atoms with Gasteiger partial charge in [-0.2, -0.15) is 13.2 Å². The minimum Gasteiger partial charge on any atom is -0.542 e. The first kappa shape index (κ1) is 11.4. The second kappa shape index (κ2) is 3.72. The minimum atomic E-state index is -4.56. The third-order valence-electron chi connectivity index (χ3n) is 2.02. The van der Waals surface area contributed by atoms with E-state index in [9.17, 15) is 23.1 Å². The molecule has 0 aromatic carbocycles. The van der Waals surface area contributed by atoms with Gasteiger partial charge in [-0.25, -0.2) is 9.97 Å². The van der Waals surface area contributed by atoms with Crippen molar-refractivity contribution in [3.63, 3.8) is 0 Å². The van der Waals surface area contributed by atoms with Crippen molar-refractivity contribution in [2.45, 2.75) is 12.7 Å². The SMILES string of the molecule is O=C([O-])c1nc2cccnc2n1CC(F)(F)F. The lowest BCUT2D eigenvalue weighted by Gasteiger charge is -2.11. The molecule has 0 atom stereocenters. The summed E-state index contributed by atoms with van der Waals surface area (Å²) < 4.78 is 37.4. The average Bonchev–Trinajstić information content (AvgIpc) is 2.55. The number of aromatic carboxylic acids is 1. The average molecular weight is 244 g/mol. The zero-order valence-corrected chi connectivity index (χ0v) is 8.23. The Morgan fingerprint density at radius 2 is 2.18 bits per heavy atom. The summed E-state index contributed by atoms with van der Waals surface area (Å²) in [5.74, 6) is -2.55. The largest absolute Gasteiger partial charge is 0.542 e. The van der Waals surface area contributed by atoms with E-state index >= 15 is 0 Å². The molecule has 0 aliphatic heterocycles. The number of halogens is 3. The van der Waals surface area contributed by atoms with E-state index in [1.165, 1.54) is 18.3 Å². The van der Waals surface area contributed by atoms with E-state index in [4.69, 9.17) is 0 Å². The predicted octanol–water partition coefficient (Wildman–Crippen LogP) is 0.357. The van der Waals surface area contributed by atoms with Gasteiger partial charge in [-0.1, -0.05) is 0 Å². The summed E-state index contributed by atoms with van der Waals surface area (Å²) in [6.45, 7) is -1.47. The van der Waals surface area contributed by atoms with Gasteiger partial charge in [0.1, 0.15) is 18.0 Å². The third-order valence-corrected chi connectivity index (χ3v) is 2.02. The van der Waals surface area contributed by atoms with E-state index in [1.54, 1.807) is 0 Å². The Balaban J connectivity index is 2.64. The van der Waals surface area contributed by atoms with Crippen molar-refractivity contribution in [2.24, 2.45) is 0 Å². The lowest BCUT2D eigenvalue weighted by atomic mass is 10.4. The Labute approximate surface area is 92.5 Å². The van der Waals surface area contributed by atoms with Gasteiger partial charge in [-0.05, 0) is 12.1 Å². The standard InChI is InChI=1S/C9H6F3N3O2/c10-9(11,12)4-15-6-5(2-1-3-13-6)14-7(15)8(16)17/h1-3H,4H2,(H,16,17)/p-1. The van der Waals surface area contributed by atoms with E-state index in [-0.39, 0.29) is 11.2 Å². The highest BCUT2D eigenvalue weighted by Crippen LogP contribution is 2.22. The summed E-state index contributed by atoms with van der Waals surface area (Å²) in [5, 5.41) is 10.7. The molecule has 2 heterocycles. The lowest BCUT2D eigenvalue weighted by Crippen LogP contribution is -2.29. The first-order chi connectivity index (χ1) is 7.88. The van der Waals surface area contributed by atoms with Crippen molar-refractivity contribution in [1.82, 2.24) is 14.5 Å². The van der Waals surface area contributed by atoms with E-state index < -0.39 is 24.5 Å². The highest BCUT2D eigenvalue weighted by Gasteiger charge is 2.30. The summed E-state index contributed by atoms with van der Waals surface area (Å²) in [6.07, 6.45) is -3.30. The molecular weight excluding hydrogens is 239 g/mol. The molecule has 0 fully saturated rings. The fraction of sp³-hybridized carbons (Fsp3) is 0.222. The molecule has 5 nitrogen and oxygen atoms in total. The minimum absolute atomic E-state index is 0.0796. The van der Waals surface area contributed by atoms with Gasteiger partial charge in [-0.3, -0.25) is 4.57 Å². The van der Waals surface area contributed by atoms with Gasteiger partial charge in [0, 0.05) is 6.20 Å². The van der Waals surface area contributed by atoms with Crippen LogP contribution in [0.5, 0.6) is 0 Å². The molecule has 0 unspecified atom stereocenters. The summed E-state index contributed by atoms with van der Waals surface area (Å²) in [4.78, 5) is 17.9. The van der Waals surface area contributed by atoms with Crippen molar-refractivity contribution < 1.29 is 23.1 Å². The van der Waals surface area contributed by atoms with Crippen LogP contribution in [-0.4, -0.2) is 26.7 Å². The van der Waals surface area contributed by atoms with Crippen molar-refractivity contribution in [3.05, 3.63) is 24.2 Å². The van der Waals surface area contributed by atoms with Crippen molar-refractivity contribution >= 4 is 17.1 Å². The lowest BCUT2D eigenvalue weighted by molar-refractivity contribution is -0.256. The highest BCUT2D eigenvalue weighted by atomic mass is 19.4. The number of hydrogen-bond donors (Lipinski definition) is 0. The molecule has 0 aliphatic carbocycles. The highest BCUT2D eigenvalue weighted by molar-refractivity contribution is 5.87. The van der Waals surface area contributed by atoms with Gasteiger partial charge in [0.05, 0.1) is 0 Å². The zero-order chi connectivity index (χ0) is 12.6. The topological polar surface area (TPSA) is 70.8 Å². The fourth-order valence-corrected chi connectivity index (χ4v) is 1.44. The van der Waals surface area contributed by atoms with Crippen molar-refractivity contribution in [1.29, 1.82) is 0 Å². The van der Waals surface area contributed by atoms with E-state index in [0.717, 1.165) is 0 Å². The number of fused-ring (bicyclic) bond motifs is 1. The van der Waals surface area contributed by atoms with Crippen LogP contribution in [0.15, 0.2) is 18.3 Å². The number of carboxylic acid groups (broad SMARTS) is 1. The number of carbonyl (C=O) groups excluding carboxylic acids is 1. The summed E-state index contributed by atoms with van der Waals surface area (Å²) in [5.41, 5.74) is -0.0556. The predicted molar refractivity (Wildman–Crippen MR) is 47.9 cm³/mol. The summed E-state index contributed by atoms with van der Waals surface area (Å²) in [7, 11) is 0. The number of aromatic nitrogens is 3. The van der Waals surface area contributed by atoms with Gasteiger partial charge in [0.2, 0.25) is 0 Å². The summed E-state index contributed by atoms with van der Waals surface area (Å²) in [6, 6.07) is 2.83. The molecule has 0 amide bonds. The van der Waals surface area contributed by atoms with Crippen LogP contribution in [0.4, 0.5) is 13.2 Å². The molecule has 0 saturated heterocycles. The Hall–Kier alpha value is -2.12. The molecule has 0 aliphatic rings. The maximum absolute atomic E-state index is 12.3. The molecule has 17 heavy (non-hydrogen) atoms. The van der Waals surface area contributed by atoms with Gasteiger partial charge < -0.3 is 9.90 Å². The number of imidazole rings is 1. The second-order valence-electron chi connectivity index (χ2n) is 3.27. The van der Waals surface area contributed by atoms with Crippen molar-refractivity contribution in [2.75, 3.05) is 0 Å². The maximum atomic E-state index is 12.3. The molecule has 0 N–H and O–H groups in total. The number of carbonyl (C=O) groups is 1. The van der Waals surface area contributed by atoms with Crippen LogP contribution in [0.3, 0.4) is 0 Å². The van der Waals surface area contributed by atoms with Crippen LogP contribution in [-0.2, 0) is 6.54 Å². The van der Waals surface area contributed by atoms with Crippen LogP contribution in [0.25, 0.3) is 11.2 Å². The molecule has 0 spiro atoms. The molecule has 90 valence electrons. The second-order valence-corrected chi connectivity index (χ2v) is 3.27. The number of nitrogens with zero attached hydrogens (tertiary/aromatic N) is 3. The number of rotatable bonds is 2. The fourth-order valence-electron chi connectivity index (χ4n) is 1.44. The molecule has 0 radical (unpaired) electrons. The molecule has 2 rings (SSSR count). The van der Waals surface area contributed by atoms with Gasteiger partial charge in [0.25, 0.3) is 0 Å². The Morgan fingerprint density at radius 1 is 1.47 bits per heavy atom. The number of alkyl halides is 3. The van der Waals surface area contributed by atoms with E-state index in [2.05, 4.69) is 9.97 Å². The van der Waals surface area contributed by atoms with Crippen LogP contribution < -0.4 is 5.11 Å². The van der Waals surface area contributed by atoms with Gasteiger partial charge >= 0.3 is 6.18 Å². The van der Waals surface area contributed by atoms with Crippen molar-refractivity contribution in [3.8, 4) is 0 Å². The van der Waals surface area contributed by atoms with Crippen LogP contribution >= 0.6 is 0 Å². The smallest absolute Gasteiger partial charge is 0.406 e. The maximum Gasteiger partial charge on any atom is 0.406 e. The zero-order valence-electron chi connectivity index (χ0n) is 8.23. The first-order valence-electron chi connectivity index (χ1n) is 4.48. The van der Waals surface area contributed by atoms with Crippen LogP contribution in [0.2, 0.25) is 0 Å². The third kappa shape index (κ3) is 2.19. The molecule has 0 bridgehead atoms. The van der Waals surface area contributed by atoms with Gasteiger partial charge in [0.15, 0.2) is 11.5 Å². The number of carboxylic acids is 1. The Kier molecular flexibility index (Phi) is 2.49. The molecular formula is C9H5F3N3O2-.